The number of hydrogen-bond donors (Lipinski definition) is 3. The first-order valence-electron chi connectivity index (χ1n) is 8.77. The Morgan fingerprint density at radius 3 is 2.60 bits per heavy atom. The van der Waals surface area contributed by atoms with Gasteiger partial charge in [-0.15, -0.1) is 0 Å². The molecule has 1 aliphatic carbocycles. The second-order valence-corrected chi connectivity index (χ2v) is 6.60. The van der Waals surface area contributed by atoms with Crippen LogP contribution in [0.15, 0.2) is 24.3 Å². The molecule has 0 unspecified atom stereocenters. The molecule has 25 heavy (non-hydrogen) atoms. The van der Waals surface area contributed by atoms with E-state index in [2.05, 4.69) is 5.32 Å². The van der Waals surface area contributed by atoms with Gasteiger partial charge in [-0.2, -0.15) is 0 Å². The molecule has 2 atom stereocenters. The van der Waals surface area contributed by atoms with Gasteiger partial charge in [0.1, 0.15) is 12.7 Å². The first-order chi connectivity index (χ1) is 12.1. The number of carbonyl (C=O) groups is 2. The lowest BCUT2D eigenvalue weighted by atomic mass is 9.85. The van der Waals surface area contributed by atoms with Crippen molar-refractivity contribution in [3.8, 4) is 0 Å². The van der Waals surface area contributed by atoms with Crippen LogP contribution in [0.25, 0.3) is 0 Å². The maximum absolute atomic E-state index is 12.0. The number of morpholine rings is 1. The third-order valence-electron chi connectivity index (χ3n) is 5.00. The van der Waals surface area contributed by atoms with Crippen molar-refractivity contribution < 1.29 is 19.4 Å². The number of amides is 2. The lowest BCUT2D eigenvalue weighted by Crippen LogP contribution is -2.54. The maximum Gasteiger partial charge on any atom is 0.249 e. The highest BCUT2D eigenvalue weighted by atomic mass is 16.5. The van der Waals surface area contributed by atoms with Gasteiger partial charge in [0, 0.05) is 24.7 Å². The molecule has 4 N–H and O–H groups in total. The molecule has 2 fully saturated rings. The van der Waals surface area contributed by atoms with Crippen LogP contribution in [0.1, 0.15) is 30.9 Å². The molecule has 0 bridgehead atoms. The summed E-state index contributed by atoms with van der Waals surface area (Å²) in [4.78, 5) is 25.6. The molecule has 0 spiro atoms. The van der Waals surface area contributed by atoms with E-state index >= 15 is 0 Å². The van der Waals surface area contributed by atoms with E-state index in [4.69, 9.17) is 10.5 Å². The quantitative estimate of drug-likeness (QED) is 0.701. The molecule has 1 heterocycles. The number of rotatable bonds is 6. The number of hydrogen-bond acceptors (Lipinski definition) is 5. The Morgan fingerprint density at radius 2 is 2.04 bits per heavy atom. The zero-order valence-electron chi connectivity index (χ0n) is 14.2. The van der Waals surface area contributed by atoms with Gasteiger partial charge in [-0.1, -0.05) is 18.6 Å². The number of nitrogens with one attached hydrogen (secondary N) is 1. The van der Waals surface area contributed by atoms with Crippen LogP contribution in [-0.4, -0.2) is 54.2 Å². The number of nitrogens with two attached hydrogens (primary N) is 1. The topological polar surface area (TPSA) is 105 Å². The largest absolute Gasteiger partial charge is 0.394 e. The van der Waals surface area contributed by atoms with Crippen molar-refractivity contribution in [3.05, 3.63) is 29.8 Å². The highest BCUT2D eigenvalue weighted by Gasteiger charge is 2.36. The lowest BCUT2D eigenvalue weighted by molar-refractivity contribution is -0.160. The molecule has 2 aliphatic rings. The number of aliphatic hydroxyl groups excluding tert-OH is 1. The monoisotopic (exact) mass is 347 g/mol. The van der Waals surface area contributed by atoms with Crippen molar-refractivity contribution in [2.24, 2.45) is 11.7 Å². The molecule has 7 nitrogen and oxygen atoms in total. The zero-order valence-corrected chi connectivity index (χ0v) is 14.2. The normalized spacial score (nSPS) is 24.1. The highest BCUT2D eigenvalue weighted by Crippen LogP contribution is 2.31. The van der Waals surface area contributed by atoms with Gasteiger partial charge in [0.25, 0.3) is 0 Å². The van der Waals surface area contributed by atoms with Crippen LogP contribution in [0, 0.1) is 5.92 Å². The minimum Gasteiger partial charge on any atom is -0.394 e. The van der Waals surface area contributed by atoms with Crippen LogP contribution in [0.3, 0.4) is 0 Å². The van der Waals surface area contributed by atoms with Crippen LogP contribution < -0.4 is 11.1 Å². The Balaban J connectivity index is 1.69. The molecule has 1 aromatic rings. The predicted molar refractivity (Wildman–Crippen MR) is 92.7 cm³/mol. The number of anilines is 1. The summed E-state index contributed by atoms with van der Waals surface area (Å²) in [6.07, 6.45) is 2.63. The van der Waals surface area contributed by atoms with E-state index in [1.807, 2.05) is 24.3 Å². The Bertz CT molecular complexity index is 615. The first kappa shape index (κ1) is 17.8. The van der Waals surface area contributed by atoms with E-state index in [0.29, 0.717) is 13.1 Å². The van der Waals surface area contributed by atoms with E-state index in [1.165, 1.54) is 0 Å². The van der Waals surface area contributed by atoms with Crippen LogP contribution in [0.2, 0.25) is 0 Å². The Hall–Kier alpha value is -1.96. The Labute approximate surface area is 147 Å². The summed E-state index contributed by atoms with van der Waals surface area (Å²) in [6, 6.07) is 6.92. The van der Waals surface area contributed by atoms with E-state index in [9.17, 15) is 14.7 Å². The fraction of sp³-hybridized carbons (Fsp3) is 0.556. The summed E-state index contributed by atoms with van der Waals surface area (Å²) < 4.78 is 5.66. The molecule has 1 saturated heterocycles. The molecule has 3 rings (SSSR count). The SMILES string of the molecule is NCCN1C(=O)CO[C@H](c2ccc(NC(=O)C3CCC3)cc2)[C@H]1CO. The molecule has 1 saturated carbocycles. The second kappa shape index (κ2) is 7.95. The second-order valence-electron chi connectivity index (χ2n) is 6.60. The molecule has 0 radical (unpaired) electrons. The number of benzene rings is 1. The van der Waals surface area contributed by atoms with Crippen LogP contribution >= 0.6 is 0 Å². The fourth-order valence-corrected chi connectivity index (χ4v) is 3.32. The average Bonchev–Trinajstić information content (AvgIpc) is 2.56. The van der Waals surface area contributed by atoms with Crippen molar-refractivity contribution in [2.45, 2.75) is 31.4 Å². The van der Waals surface area contributed by atoms with Crippen molar-refractivity contribution >= 4 is 17.5 Å². The van der Waals surface area contributed by atoms with Crippen LogP contribution in [0.5, 0.6) is 0 Å². The fourth-order valence-electron chi connectivity index (χ4n) is 3.32. The van der Waals surface area contributed by atoms with Crippen molar-refractivity contribution in [1.29, 1.82) is 0 Å². The minimum atomic E-state index is -0.458. The van der Waals surface area contributed by atoms with E-state index < -0.39 is 12.1 Å². The molecular weight excluding hydrogens is 322 g/mol. The summed E-state index contributed by atoms with van der Waals surface area (Å²) in [6.45, 7) is 0.498. The number of ether oxygens (including phenoxy) is 1. The van der Waals surface area contributed by atoms with Gasteiger partial charge in [0.2, 0.25) is 11.8 Å². The molecule has 2 amide bonds. The molecule has 1 aromatic carbocycles. The zero-order chi connectivity index (χ0) is 17.8. The highest BCUT2D eigenvalue weighted by molar-refractivity contribution is 5.93. The van der Waals surface area contributed by atoms with E-state index in [0.717, 1.165) is 30.5 Å². The Kier molecular flexibility index (Phi) is 5.67. The summed E-state index contributed by atoms with van der Waals surface area (Å²) >= 11 is 0. The minimum absolute atomic E-state index is 0.0265. The van der Waals surface area contributed by atoms with E-state index in [-0.39, 0.29) is 30.9 Å². The van der Waals surface area contributed by atoms with Gasteiger partial charge in [-0.05, 0) is 30.5 Å². The van der Waals surface area contributed by atoms with Gasteiger partial charge in [0.15, 0.2) is 0 Å². The van der Waals surface area contributed by atoms with Crippen molar-refractivity contribution in [2.75, 3.05) is 31.6 Å². The molecule has 0 aromatic heterocycles. The molecule has 7 heteroatoms. The lowest BCUT2D eigenvalue weighted by Gasteiger charge is -2.40. The third-order valence-corrected chi connectivity index (χ3v) is 5.00. The van der Waals surface area contributed by atoms with Crippen molar-refractivity contribution in [1.82, 2.24) is 4.90 Å². The molecule has 136 valence electrons. The summed E-state index contributed by atoms with van der Waals surface area (Å²) in [5, 5.41) is 12.7. The Morgan fingerprint density at radius 1 is 1.32 bits per heavy atom. The number of nitrogens with zero attached hydrogens (tertiary/aromatic N) is 1. The van der Waals surface area contributed by atoms with Gasteiger partial charge in [0.05, 0.1) is 12.6 Å². The number of aliphatic hydroxyl groups is 1. The third kappa shape index (κ3) is 3.84. The molecule has 1 aliphatic heterocycles. The van der Waals surface area contributed by atoms with Gasteiger partial charge >= 0.3 is 0 Å². The van der Waals surface area contributed by atoms with Gasteiger partial charge in [-0.25, -0.2) is 0 Å². The van der Waals surface area contributed by atoms with Crippen molar-refractivity contribution in [3.63, 3.8) is 0 Å². The van der Waals surface area contributed by atoms with Gasteiger partial charge in [-0.3, -0.25) is 9.59 Å². The first-order valence-corrected chi connectivity index (χ1v) is 8.77. The van der Waals surface area contributed by atoms with Gasteiger partial charge < -0.3 is 25.8 Å². The van der Waals surface area contributed by atoms with Crippen LogP contribution in [0.4, 0.5) is 5.69 Å². The summed E-state index contributed by atoms with van der Waals surface area (Å²) in [7, 11) is 0. The van der Waals surface area contributed by atoms with E-state index in [1.54, 1.807) is 4.90 Å². The average molecular weight is 347 g/mol. The molecular formula is C18H25N3O4. The summed E-state index contributed by atoms with van der Waals surface area (Å²) in [5.74, 6) is 0.0435. The smallest absolute Gasteiger partial charge is 0.249 e. The summed E-state index contributed by atoms with van der Waals surface area (Å²) in [5.41, 5.74) is 7.17. The standard InChI is InChI=1S/C18H25N3O4/c19-8-9-21-15(10-22)17(25-11-16(21)23)12-4-6-14(7-5-12)20-18(24)13-2-1-3-13/h4-7,13,15,17,22H,1-3,8-11,19H2,(H,20,24)/t15-,17-/m1/s1. The van der Waals surface area contributed by atoms with Crippen LogP contribution in [-0.2, 0) is 14.3 Å². The predicted octanol–water partition coefficient (Wildman–Crippen LogP) is 0.645. The number of carbonyl (C=O) groups excluding carboxylic acids is 2. The maximum atomic E-state index is 12.0.